The van der Waals surface area contributed by atoms with Crippen LogP contribution in [0.15, 0.2) is 12.1 Å². The van der Waals surface area contributed by atoms with Gasteiger partial charge in [-0.2, -0.15) is 5.26 Å². The molecule has 1 heterocycles. The van der Waals surface area contributed by atoms with Crippen molar-refractivity contribution in [2.45, 2.75) is 6.42 Å². The fourth-order valence-corrected chi connectivity index (χ4v) is 1.85. The number of ether oxygens (including phenoxy) is 2. The summed E-state index contributed by atoms with van der Waals surface area (Å²) in [5.41, 5.74) is 1.48. The number of hydrogen-bond donors (Lipinski definition) is 1. The summed E-state index contributed by atoms with van der Waals surface area (Å²) in [6.07, 6.45) is 0.380. The Hall–Kier alpha value is -2.22. The third-order valence-corrected chi connectivity index (χ3v) is 2.76. The van der Waals surface area contributed by atoms with Crippen LogP contribution in [-0.4, -0.2) is 20.1 Å². The van der Waals surface area contributed by atoms with Gasteiger partial charge in [0.2, 0.25) is 5.91 Å². The number of nitrogens with one attached hydrogen (secondary N) is 1. The van der Waals surface area contributed by atoms with Crippen LogP contribution in [0, 0.1) is 17.2 Å². The van der Waals surface area contributed by atoms with Gasteiger partial charge in [0.05, 0.1) is 26.0 Å². The quantitative estimate of drug-likeness (QED) is 0.835. The van der Waals surface area contributed by atoms with Crippen LogP contribution in [0.4, 0.5) is 5.69 Å². The monoisotopic (exact) mass is 232 g/mol. The van der Waals surface area contributed by atoms with Gasteiger partial charge in [-0.3, -0.25) is 4.79 Å². The summed E-state index contributed by atoms with van der Waals surface area (Å²) in [6, 6.07) is 5.48. The minimum absolute atomic E-state index is 0.288. The minimum Gasteiger partial charge on any atom is -0.497 e. The largest absolute Gasteiger partial charge is 0.497 e. The van der Waals surface area contributed by atoms with Crippen LogP contribution in [0.1, 0.15) is 5.56 Å². The summed E-state index contributed by atoms with van der Waals surface area (Å²) >= 11 is 0. The number of nitriles is 1. The SMILES string of the molecule is COc1cc2c(c(OC)c1)NC(=O)C(C#N)C2. The molecule has 5 heteroatoms. The molecule has 1 aliphatic heterocycles. The maximum atomic E-state index is 11.6. The topological polar surface area (TPSA) is 71.3 Å². The summed E-state index contributed by atoms with van der Waals surface area (Å²) in [7, 11) is 3.09. The highest BCUT2D eigenvalue weighted by molar-refractivity contribution is 5.99. The van der Waals surface area contributed by atoms with Crippen LogP contribution in [0.3, 0.4) is 0 Å². The molecule has 88 valence electrons. The predicted molar refractivity (Wildman–Crippen MR) is 61.0 cm³/mol. The van der Waals surface area contributed by atoms with Gasteiger partial charge in [-0.25, -0.2) is 0 Å². The first-order valence-electron chi connectivity index (χ1n) is 5.15. The molecule has 0 bridgehead atoms. The summed E-state index contributed by atoms with van der Waals surface area (Å²) < 4.78 is 10.3. The summed E-state index contributed by atoms with van der Waals surface area (Å²) in [6.45, 7) is 0. The Bertz CT molecular complexity index is 505. The predicted octanol–water partition coefficient (Wildman–Crippen LogP) is 1.34. The van der Waals surface area contributed by atoms with Crippen molar-refractivity contribution in [3.63, 3.8) is 0 Å². The molecular formula is C12H12N2O3. The summed E-state index contributed by atoms with van der Waals surface area (Å²) in [5.74, 6) is 0.250. The summed E-state index contributed by atoms with van der Waals surface area (Å²) in [5, 5.41) is 11.6. The van der Waals surface area contributed by atoms with Crippen LogP contribution in [0.2, 0.25) is 0 Å². The molecule has 17 heavy (non-hydrogen) atoms. The maximum Gasteiger partial charge on any atom is 0.242 e. The van der Waals surface area contributed by atoms with Gasteiger partial charge < -0.3 is 14.8 Å². The lowest BCUT2D eigenvalue weighted by Crippen LogP contribution is -2.29. The smallest absolute Gasteiger partial charge is 0.242 e. The number of carbonyl (C=O) groups is 1. The second-order valence-electron chi connectivity index (χ2n) is 3.74. The number of carbonyl (C=O) groups excluding carboxylic acids is 1. The number of hydrogen-bond acceptors (Lipinski definition) is 4. The number of anilines is 1. The van der Waals surface area contributed by atoms with Crippen molar-refractivity contribution < 1.29 is 14.3 Å². The van der Waals surface area contributed by atoms with E-state index in [4.69, 9.17) is 14.7 Å². The maximum absolute atomic E-state index is 11.6. The van der Waals surface area contributed by atoms with Crippen molar-refractivity contribution in [1.29, 1.82) is 5.26 Å². The van der Waals surface area contributed by atoms with Crippen molar-refractivity contribution in [2.75, 3.05) is 19.5 Å². The highest BCUT2D eigenvalue weighted by atomic mass is 16.5. The molecule has 1 aliphatic rings. The van der Waals surface area contributed by atoms with Crippen LogP contribution < -0.4 is 14.8 Å². The first kappa shape index (κ1) is 11.3. The Labute approximate surface area is 98.9 Å². The number of amides is 1. The lowest BCUT2D eigenvalue weighted by Gasteiger charge is -2.23. The first-order valence-corrected chi connectivity index (χ1v) is 5.15. The molecule has 0 radical (unpaired) electrons. The summed E-state index contributed by atoms with van der Waals surface area (Å²) in [4.78, 5) is 11.6. The normalized spacial score (nSPS) is 17.7. The van der Waals surface area contributed by atoms with E-state index < -0.39 is 5.92 Å². The van der Waals surface area contributed by atoms with Crippen molar-refractivity contribution in [1.82, 2.24) is 0 Å². The van der Waals surface area contributed by atoms with E-state index in [0.717, 1.165) is 5.56 Å². The Balaban J connectivity index is 2.50. The van der Waals surface area contributed by atoms with E-state index in [1.54, 1.807) is 13.2 Å². The van der Waals surface area contributed by atoms with Crippen molar-refractivity contribution >= 4 is 11.6 Å². The highest BCUT2D eigenvalue weighted by Crippen LogP contribution is 2.37. The van der Waals surface area contributed by atoms with Crippen molar-refractivity contribution in [3.8, 4) is 17.6 Å². The van der Waals surface area contributed by atoms with Crippen LogP contribution in [-0.2, 0) is 11.2 Å². The number of methoxy groups -OCH3 is 2. The molecule has 1 amide bonds. The lowest BCUT2D eigenvalue weighted by molar-refractivity contribution is -0.118. The molecular weight excluding hydrogens is 220 g/mol. The Morgan fingerprint density at radius 2 is 2.18 bits per heavy atom. The number of benzene rings is 1. The molecule has 0 spiro atoms. The number of nitrogens with zero attached hydrogens (tertiary/aromatic N) is 1. The molecule has 1 N–H and O–H groups in total. The first-order chi connectivity index (χ1) is 8.19. The average Bonchev–Trinajstić information content (AvgIpc) is 2.36. The van der Waals surface area contributed by atoms with Gasteiger partial charge in [-0.05, 0) is 18.1 Å². The van der Waals surface area contributed by atoms with E-state index in [-0.39, 0.29) is 5.91 Å². The average molecular weight is 232 g/mol. The van der Waals surface area contributed by atoms with Gasteiger partial charge >= 0.3 is 0 Å². The molecule has 5 nitrogen and oxygen atoms in total. The zero-order valence-corrected chi connectivity index (χ0v) is 9.61. The molecule has 0 saturated carbocycles. The van der Waals surface area contributed by atoms with E-state index >= 15 is 0 Å². The molecule has 0 aromatic heterocycles. The Morgan fingerprint density at radius 1 is 1.41 bits per heavy atom. The second-order valence-corrected chi connectivity index (χ2v) is 3.74. The third kappa shape index (κ3) is 1.89. The molecule has 1 atom stereocenters. The minimum atomic E-state index is -0.653. The fourth-order valence-electron chi connectivity index (χ4n) is 1.85. The van der Waals surface area contributed by atoms with E-state index in [1.165, 1.54) is 7.11 Å². The van der Waals surface area contributed by atoms with E-state index in [1.807, 2.05) is 12.1 Å². The molecule has 1 unspecified atom stereocenters. The van der Waals surface area contributed by atoms with E-state index in [0.29, 0.717) is 23.6 Å². The second kappa shape index (κ2) is 4.34. The zero-order chi connectivity index (χ0) is 12.4. The van der Waals surface area contributed by atoms with Crippen LogP contribution >= 0.6 is 0 Å². The van der Waals surface area contributed by atoms with Gasteiger partial charge in [0.1, 0.15) is 17.4 Å². The molecule has 2 rings (SSSR count). The lowest BCUT2D eigenvalue weighted by atomic mass is 9.93. The molecule has 0 aliphatic carbocycles. The van der Waals surface area contributed by atoms with Crippen molar-refractivity contribution in [3.05, 3.63) is 17.7 Å². The highest BCUT2D eigenvalue weighted by Gasteiger charge is 2.28. The van der Waals surface area contributed by atoms with Crippen LogP contribution in [0.25, 0.3) is 0 Å². The van der Waals surface area contributed by atoms with Gasteiger partial charge in [0, 0.05) is 6.07 Å². The fraction of sp³-hybridized carbons (Fsp3) is 0.333. The third-order valence-electron chi connectivity index (χ3n) is 2.76. The molecule has 1 aromatic carbocycles. The van der Waals surface area contributed by atoms with Gasteiger partial charge in [-0.15, -0.1) is 0 Å². The Morgan fingerprint density at radius 3 is 2.76 bits per heavy atom. The van der Waals surface area contributed by atoms with Gasteiger partial charge in [-0.1, -0.05) is 0 Å². The molecule has 0 fully saturated rings. The standard InChI is InChI=1S/C12H12N2O3/c1-16-9-4-7-3-8(6-13)12(15)14-11(7)10(5-9)17-2/h4-5,8H,3H2,1-2H3,(H,14,15). The van der Waals surface area contributed by atoms with Gasteiger partial charge in [0.15, 0.2) is 0 Å². The molecule has 0 saturated heterocycles. The van der Waals surface area contributed by atoms with E-state index in [2.05, 4.69) is 5.32 Å². The van der Waals surface area contributed by atoms with Crippen molar-refractivity contribution in [2.24, 2.45) is 5.92 Å². The van der Waals surface area contributed by atoms with E-state index in [9.17, 15) is 4.79 Å². The molecule has 1 aromatic rings. The Kier molecular flexibility index (Phi) is 2.88. The van der Waals surface area contributed by atoms with Crippen LogP contribution in [0.5, 0.6) is 11.5 Å². The van der Waals surface area contributed by atoms with Gasteiger partial charge in [0.25, 0.3) is 0 Å². The number of fused-ring (bicyclic) bond motifs is 1. The zero-order valence-electron chi connectivity index (χ0n) is 9.61. The number of rotatable bonds is 2.